The highest BCUT2D eigenvalue weighted by Crippen LogP contribution is 2.32. The maximum absolute atomic E-state index is 10.2. The van der Waals surface area contributed by atoms with Crippen LogP contribution >= 0.6 is 0 Å². The number of benzene rings is 3. The van der Waals surface area contributed by atoms with E-state index in [2.05, 4.69) is 15.0 Å². The second-order valence-corrected chi connectivity index (χ2v) is 6.21. The standard InChI is InChI=1S/C22H17N3O2/c1-14-10-12-15(13-11-14)20-23-21(16-6-2-4-8-18(16)26)25-22(24-20)17-7-3-5-9-19(17)27/h2-13,26-27H,1H3. The lowest BCUT2D eigenvalue weighted by molar-refractivity contribution is 0.477. The molecule has 0 bridgehead atoms. The van der Waals surface area contributed by atoms with Gasteiger partial charge in [-0.05, 0) is 31.2 Å². The van der Waals surface area contributed by atoms with Gasteiger partial charge in [0, 0.05) is 5.56 Å². The molecule has 27 heavy (non-hydrogen) atoms. The zero-order valence-electron chi connectivity index (χ0n) is 14.7. The van der Waals surface area contributed by atoms with Gasteiger partial charge in [-0.2, -0.15) is 0 Å². The lowest BCUT2D eigenvalue weighted by atomic mass is 10.1. The average molecular weight is 355 g/mol. The highest BCUT2D eigenvalue weighted by atomic mass is 16.3. The van der Waals surface area contributed by atoms with Gasteiger partial charge >= 0.3 is 0 Å². The second kappa shape index (κ2) is 6.88. The first kappa shape index (κ1) is 16.7. The van der Waals surface area contributed by atoms with Crippen molar-refractivity contribution in [2.24, 2.45) is 0 Å². The van der Waals surface area contributed by atoms with Gasteiger partial charge in [0.1, 0.15) is 11.5 Å². The monoisotopic (exact) mass is 355 g/mol. The maximum atomic E-state index is 10.2. The van der Waals surface area contributed by atoms with Crippen molar-refractivity contribution in [1.29, 1.82) is 0 Å². The maximum Gasteiger partial charge on any atom is 0.167 e. The number of hydrogen-bond acceptors (Lipinski definition) is 5. The molecule has 0 radical (unpaired) electrons. The van der Waals surface area contributed by atoms with E-state index in [0.29, 0.717) is 28.6 Å². The van der Waals surface area contributed by atoms with Gasteiger partial charge in [0.25, 0.3) is 0 Å². The van der Waals surface area contributed by atoms with Gasteiger partial charge in [0.2, 0.25) is 0 Å². The molecule has 2 N–H and O–H groups in total. The molecule has 0 aliphatic heterocycles. The highest BCUT2D eigenvalue weighted by molar-refractivity contribution is 5.71. The van der Waals surface area contributed by atoms with Crippen molar-refractivity contribution in [3.05, 3.63) is 78.4 Å². The Balaban J connectivity index is 1.95. The fraction of sp³-hybridized carbons (Fsp3) is 0.0455. The molecule has 0 saturated carbocycles. The minimum absolute atomic E-state index is 0.0850. The molecule has 3 aromatic carbocycles. The van der Waals surface area contributed by atoms with Crippen molar-refractivity contribution in [1.82, 2.24) is 15.0 Å². The van der Waals surface area contributed by atoms with Crippen LogP contribution in [-0.4, -0.2) is 25.2 Å². The average Bonchev–Trinajstić information content (AvgIpc) is 2.69. The summed E-state index contributed by atoms with van der Waals surface area (Å²) in [5.41, 5.74) is 2.97. The van der Waals surface area contributed by atoms with Crippen molar-refractivity contribution in [2.45, 2.75) is 6.92 Å². The first-order valence-corrected chi connectivity index (χ1v) is 8.51. The zero-order chi connectivity index (χ0) is 18.8. The van der Waals surface area contributed by atoms with Crippen LogP contribution in [0.5, 0.6) is 11.5 Å². The van der Waals surface area contributed by atoms with Crippen LogP contribution in [0.2, 0.25) is 0 Å². The largest absolute Gasteiger partial charge is 0.507 e. The van der Waals surface area contributed by atoms with E-state index in [1.165, 1.54) is 0 Å². The number of aromatic nitrogens is 3. The summed E-state index contributed by atoms with van der Waals surface area (Å²) in [5.74, 6) is 1.33. The van der Waals surface area contributed by atoms with Gasteiger partial charge in [-0.15, -0.1) is 0 Å². The van der Waals surface area contributed by atoms with Crippen molar-refractivity contribution in [2.75, 3.05) is 0 Å². The van der Waals surface area contributed by atoms with Crippen LogP contribution in [-0.2, 0) is 0 Å². The SMILES string of the molecule is Cc1ccc(-c2nc(-c3ccccc3O)nc(-c3ccccc3O)n2)cc1. The number of phenolic OH excluding ortho intramolecular Hbond substituents is 2. The van der Waals surface area contributed by atoms with Crippen LogP contribution in [0, 0.1) is 6.92 Å². The van der Waals surface area contributed by atoms with E-state index >= 15 is 0 Å². The number of aryl methyl sites for hydroxylation is 1. The minimum atomic E-state index is 0.0850. The third-order valence-electron chi connectivity index (χ3n) is 4.24. The number of phenols is 2. The predicted molar refractivity (Wildman–Crippen MR) is 104 cm³/mol. The molecular weight excluding hydrogens is 338 g/mol. The topological polar surface area (TPSA) is 79.1 Å². The summed E-state index contributed by atoms with van der Waals surface area (Å²) in [6.45, 7) is 2.01. The van der Waals surface area contributed by atoms with Crippen molar-refractivity contribution in [3.8, 4) is 45.7 Å². The number of para-hydroxylation sites is 2. The Hall–Kier alpha value is -3.73. The van der Waals surface area contributed by atoms with E-state index in [1.807, 2.05) is 43.3 Å². The molecule has 0 fully saturated rings. The van der Waals surface area contributed by atoms with Crippen LogP contribution in [0.3, 0.4) is 0 Å². The molecule has 4 aromatic rings. The molecular formula is C22H17N3O2. The number of nitrogens with zero attached hydrogens (tertiary/aromatic N) is 3. The van der Waals surface area contributed by atoms with Crippen molar-refractivity contribution < 1.29 is 10.2 Å². The lowest BCUT2D eigenvalue weighted by Gasteiger charge is -2.10. The van der Waals surface area contributed by atoms with Crippen LogP contribution in [0.25, 0.3) is 34.2 Å². The van der Waals surface area contributed by atoms with Crippen LogP contribution < -0.4 is 0 Å². The minimum Gasteiger partial charge on any atom is -0.507 e. The molecule has 0 unspecified atom stereocenters. The van der Waals surface area contributed by atoms with Gasteiger partial charge in [-0.25, -0.2) is 15.0 Å². The van der Waals surface area contributed by atoms with Gasteiger partial charge in [0.15, 0.2) is 17.5 Å². The third-order valence-corrected chi connectivity index (χ3v) is 4.24. The summed E-state index contributed by atoms with van der Waals surface area (Å²) < 4.78 is 0. The molecule has 0 aliphatic carbocycles. The summed E-state index contributed by atoms with van der Waals surface area (Å²) in [7, 11) is 0. The summed E-state index contributed by atoms with van der Waals surface area (Å²) >= 11 is 0. The first-order chi connectivity index (χ1) is 13.1. The number of hydrogen-bond donors (Lipinski definition) is 2. The lowest BCUT2D eigenvalue weighted by Crippen LogP contribution is -2.00. The molecule has 0 spiro atoms. The Kier molecular flexibility index (Phi) is 4.26. The van der Waals surface area contributed by atoms with Crippen LogP contribution in [0.1, 0.15) is 5.56 Å². The van der Waals surface area contributed by atoms with Crippen LogP contribution in [0.15, 0.2) is 72.8 Å². The normalized spacial score (nSPS) is 10.7. The molecule has 0 amide bonds. The molecule has 4 rings (SSSR count). The quantitative estimate of drug-likeness (QED) is 0.562. The Morgan fingerprint density at radius 3 is 1.48 bits per heavy atom. The summed E-state index contributed by atoms with van der Waals surface area (Å²) in [6, 6.07) is 21.6. The molecule has 0 saturated heterocycles. The predicted octanol–water partition coefficient (Wildman–Crippen LogP) is 4.59. The Morgan fingerprint density at radius 2 is 1.00 bits per heavy atom. The summed E-state index contributed by atoms with van der Waals surface area (Å²) in [4.78, 5) is 13.6. The molecule has 5 heteroatoms. The van der Waals surface area contributed by atoms with Crippen molar-refractivity contribution in [3.63, 3.8) is 0 Å². The highest BCUT2D eigenvalue weighted by Gasteiger charge is 2.15. The van der Waals surface area contributed by atoms with Crippen molar-refractivity contribution >= 4 is 0 Å². The fourth-order valence-corrected chi connectivity index (χ4v) is 2.77. The summed E-state index contributed by atoms with van der Waals surface area (Å²) in [6.07, 6.45) is 0. The van der Waals surface area contributed by atoms with Gasteiger partial charge < -0.3 is 10.2 Å². The molecule has 5 nitrogen and oxygen atoms in total. The van der Waals surface area contributed by atoms with Crippen LogP contribution in [0.4, 0.5) is 0 Å². The van der Waals surface area contributed by atoms with E-state index < -0.39 is 0 Å². The van der Waals surface area contributed by atoms with E-state index in [0.717, 1.165) is 11.1 Å². The Morgan fingerprint density at radius 1 is 0.556 bits per heavy atom. The molecule has 0 atom stereocenters. The van der Waals surface area contributed by atoms with E-state index in [-0.39, 0.29) is 11.5 Å². The van der Waals surface area contributed by atoms with Gasteiger partial charge in [0.05, 0.1) is 11.1 Å². The summed E-state index contributed by atoms with van der Waals surface area (Å²) in [5, 5.41) is 20.5. The van der Waals surface area contributed by atoms with Gasteiger partial charge in [-0.1, -0.05) is 54.1 Å². The Bertz CT molecular complexity index is 1040. The third kappa shape index (κ3) is 3.35. The number of rotatable bonds is 3. The Labute approximate surface area is 156 Å². The zero-order valence-corrected chi connectivity index (χ0v) is 14.7. The first-order valence-electron chi connectivity index (χ1n) is 8.51. The fourth-order valence-electron chi connectivity index (χ4n) is 2.77. The second-order valence-electron chi connectivity index (χ2n) is 6.21. The smallest absolute Gasteiger partial charge is 0.167 e. The molecule has 1 aromatic heterocycles. The molecule has 1 heterocycles. The molecule has 132 valence electrons. The van der Waals surface area contributed by atoms with Gasteiger partial charge in [-0.3, -0.25) is 0 Å². The van der Waals surface area contributed by atoms with E-state index in [1.54, 1.807) is 36.4 Å². The number of aromatic hydroxyl groups is 2. The van der Waals surface area contributed by atoms with E-state index in [4.69, 9.17) is 0 Å². The van der Waals surface area contributed by atoms with E-state index in [9.17, 15) is 10.2 Å². The molecule has 0 aliphatic rings.